The van der Waals surface area contributed by atoms with Gasteiger partial charge in [0.25, 0.3) is 0 Å². The van der Waals surface area contributed by atoms with E-state index in [0.717, 1.165) is 6.61 Å². The van der Waals surface area contributed by atoms with Crippen LogP contribution in [0.2, 0.25) is 6.04 Å². The second-order valence-electron chi connectivity index (χ2n) is 2.76. The monoisotopic (exact) mass is 145 g/mol. The standard InChI is InChI=1S/C6H15NOSi/c1-6(7)9-5-3-2-4-8-9/h6,9H,2-5,7H2,1H3. The average Bonchev–Trinajstić information content (AvgIpc) is 1.90. The summed E-state index contributed by atoms with van der Waals surface area (Å²) in [6.07, 6.45) is 2.59. The average molecular weight is 145 g/mol. The fraction of sp³-hybridized carbons (Fsp3) is 1.00. The molecule has 2 N–H and O–H groups in total. The normalized spacial score (nSPS) is 32.0. The van der Waals surface area contributed by atoms with E-state index in [2.05, 4.69) is 6.92 Å². The SMILES string of the molecule is CC(N)[SiH]1CCCCO1. The fourth-order valence-corrected chi connectivity index (χ4v) is 3.34. The van der Waals surface area contributed by atoms with Crippen molar-refractivity contribution in [3.8, 4) is 0 Å². The van der Waals surface area contributed by atoms with Gasteiger partial charge < -0.3 is 10.2 Å². The topological polar surface area (TPSA) is 35.2 Å². The molecular weight excluding hydrogens is 130 g/mol. The van der Waals surface area contributed by atoms with Gasteiger partial charge in [0, 0.05) is 12.3 Å². The first-order chi connectivity index (χ1) is 4.30. The lowest BCUT2D eigenvalue weighted by Gasteiger charge is -2.23. The molecule has 3 heteroatoms. The lowest BCUT2D eigenvalue weighted by molar-refractivity contribution is 0.281. The van der Waals surface area contributed by atoms with Gasteiger partial charge in [0.2, 0.25) is 0 Å². The molecule has 54 valence electrons. The van der Waals surface area contributed by atoms with Crippen LogP contribution in [-0.4, -0.2) is 21.3 Å². The zero-order valence-electron chi connectivity index (χ0n) is 5.97. The van der Waals surface area contributed by atoms with Crippen molar-refractivity contribution in [2.24, 2.45) is 5.73 Å². The van der Waals surface area contributed by atoms with Crippen LogP contribution in [0.1, 0.15) is 19.8 Å². The van der Waals surface area contributed by atoms with Gasteiger partial charge in [-0.1, -0.05) is 13.3 Å². The third-order valence-electron chi connectivity index (χ3n) is 1.80. The molecule has 2 unspecified atom stereocenters. The minimum absolute atomic E-state index is 0.352. The van der Waals surface area contributed by atoms with E-state index >= 15 is 0 Å². The largest absolute Gasteiger partial charge is 0.419 e. The van der Waals surface area contributed by atoms with E-state index < -0.39 is 9.04 Å². The number of rotatable bonds is 1. The molecule has 1 saturated heterocycles. The fourth-order valence-electron chi connectivity index (χ4n) is 1.18. The Morgan fingerprint density at radius 1 is 1.56 bits per heavy atom. The number of hydrogen-bond acceptors (Lipinski definition) is 2. The summed E-state index contributed by atoms with van der Waals surface area (Å²) in [5.41, 5.74) is 6.06. The van der Waals surface area contributed by atoms with E-state index in [0.29, 0.717) is 5.67 Å². The van der Waals surface area contributed by atoms with E-state index in [4.69, 9.17) is 10.2 Å². The molecule has 0 aromatic heterocycles. The molecule has 2 nitrogen and oxygen atoms in total. The summed E-state index contributed by atoms with van der Waals surface area (Å²) in [6, 6.07) is 1.29. The third kappa shape index (κ3) is 2.08. The Kier molecular flexibility index (Phi) is 2.69. The van der Waals surface area contributed by atoms with Crippen LogP contribution < -0.4 is 5.73 Å². The van der Waals surface area contributed by atoms with Crippen molar-refractivity contribution >= 4 is 9.04 Å². The predicted octanol–water partition coefficient (Wildman–Crippen LogP) is 0.407. The van der Waals surface area contributed by atoms with E-state index in [9.17, 15) is 0 Å². The van der Waals surface area contributed by atoms with Crippen molar-refractivity contribution < 1.29 is 4.43 Å². The summed E-state index contributed by atoms with van der Waals surface area (Å²) < 4.78 is 5.55. The highest BCUT2D eigenvalue weighted by atomic mass is 28.3. The number of hydrogen-bond donors (Lipinski definition) is 1. The first-order valence-electron chi connectivity index (χ1n) is 3.68. The van der Waals surface area contributed by atoms with Crippen molar-refractivity contribution in [3.63, 3.8) is 0 Å². The van der Waals surface area contributed by atoms with Crippen LogP contribution in [0.15, 0.2) is 0 Å². The summed E-state index contributed by atoms with van der Waals surface area (Å²) >= 11 is 0. The highest BCUT2D eigenvalue weighted by Crippen LogP contribution is 2.11. The summed E-state index contributed by atoms with van der Waals surface area (Å²) in [5.74, 6) is 0. The van der Waals surface area contributed by atoms with E-state index in [1.54, 1.807) is 0 Å². The zero-order chi connectivity index (χ0) is 6.69. The molecule has 1 aliphatic rings. The Balaban J connectivity index is 2.23. The molecule has 2 atom stereocenters. The minimum atomic E-state index is -0.922. The van der Waals surface area contributed by atoms with Gasteiger partial charge in [-0.25, -0.2) is 0 Å². The second-order valence-corrected chi connectivity index (χ2v) is 5.80. The first kappa shape index (κ1) is 7.25. The summed E-state index contributed by atoms with van der Waals surface area (Å²) in [6.45, 7) is 3.04. The lowest BCUT2D eigenvalue weighted by atomic mass is 10.4. The third-order valence-corrected chi connectivity index (χ3v) is 4.62. The molecule has 1 aliphatic heterocycles. The van der Waals surface area contributed by atoms with Gasteiger partial charge in [0.1, 0.15) is 0 Å². The maximum atomic E-state index is 5.70. The van der Waals surface area contributed by atoms with Crippen LogP contribution in [0.3, 0.4) is 0 Å². The predicted molar refractivity (Wildman–Crippen MR) is 40.8 cm³/mol. The van der Waals surface area contributed by atoms with Crippen molar-refractivity contribution in [3.05, 3.63) is 0 Å². The maximum absolute atomic E-state index is 5.70. The van der Waals surface area contributed by atoms with Crippen LogP contribution in [-0.2, 0) is 4.43 Å². The molecular formula is C6H15NOSi. The molecule has 0 spiro atoms. The first-order valence-corrected chi connectivity index (χ1v) is 5.63. The molecule has 1 rings (SSSR count). The van der Waals surface area contributed by atoms with Crippen LogP contribution in [0.4, 0.5) is 0 Å². The van der Waals surface area contributed by atoms with Gasteiger partial charge in [0.05, 0.1) is 0 Å². The second kappa shape index (κ2) is 3.34. The van der Waals surface area contributed by atoms with Gasteiger partial charge in [0.15, 0.2) is 9.04 Å². The Bertz CT molecular complexity index is 81.1. The number of nitrogens with two attached hydrogens (primary N) is 1. The molecule has 0 aliphatic carbocycles. The smallest absolute Gasteiger partial charge is 0.192 e. The van der Waals surface area contributed by atoms with Crippen LogP contribution in [0.5, 0.6) is 0 Å². The highest BCUT2D eigenvalue weighted by Gasteiger charge is 2.19. The summed E-state index contributed by atoms with van der Waals surface area (Å²) in [4.78, 5) is 0. The van der Waals surface area contributed by atoms with Crippen LogP contribution in [0.25, 0.3) is 0 Å². The van der Waals surface area contributed by atoms with E-state index in [1.807, 2.05) is 0 Å². The Morgan fingerprint density at radius 2 is 2.33 bits per heavy atom. The summed E-state index contributed by atoms with van der Waals surface area (Å²) in [7, 11) is -0.922. The molecule has 0 bridgehead atoms. The van der Waals surface area contributed by atoms with Crippen molar-refractivity contribution in [2.75, 3.05) is 6.61 Å². The van der Waals surface area contributed by atoms with Crippen molar-refractivity contribution in [1.82, 2.24) is 0 Å². The Morgan fingerprint density at radius 3 is 2.67 bits per heavy atom. The zero-order valence-corrected chi connectivity index (χ0v) is 7.12. The Labute approximate surface area is 58.1 Å². The Hall–Kier alpha value is 0.137. The van der Waals surface area contributed by atoms with Gasteiger partial charge in [-0.2, -0.15) is 0 Å². The van der Waals surface area contributed by atoms with E-state index in [1.165, 1.54) is 18.9 Å². The van der Waals surface area contributed by atoms with Gasteiger partial charge >= 0.3 is 0 Å². The molecule has 1 heterocycles. The highest BCUT2D eigenvalue weighted by molar-refractivity contribution is 6.53. The summed E-state index contributed by atoms with van der Waals surface area (Å²) in [5, 5.41) is 0. The van der Waals surface area contributed by atoms with Gasteiger partial charge in [-0.3, -0.25) is 0 Å². The van der Waals surface area contributed by atoms with Gasteiger partial charge in [-0.15, -0.1) is 0 Å². The quantitative estimate of drug-likeness (QED) is 0.542. The molecule has 0 amide bonds. The molecule has 1 fully saturated rings. The minimum Gasteiger partial charge on any atom is -0.419 e. The van der Waals surface area contributed by atoms with Crippen molar-refractivity contribution in [1.29, 1.82) is 0 Å². The molecule has 0 saturated carbocycles. The maximum Gasteiger partial charge on any atom is 0.192 e. The molecule has 0 radical (unpaired) electrons. The van der Waals surface area contributed by atoms with Gasteiger partial charge in [-0.05, 0) is 12.5 Å². The lowest BCUT2D eigenvalue weighted by Crippen LogP contribution is -2.40. The van der Waals surface area contributed by atoms with Crippen LogP contribution in [0, 0.1) is 0 Å². The molecule has 0 aromatic rings. The van der Waals surface area contributed by atoms with E-state index in [-0.39, 0.29) is 0 Å². The molecule has 9 heavy (non-hydrogen) atoms. The van der Waals surface area contributed by atoms with Crippen molar-refractivity contribution in [2.45, 2.75) is 31.5 Å². The van der Waals surface area contributed by atoms with Crippen LogP contribution >= 0.6 is 0 Å². The molecule has 0 aromatic carbocycles.